The summed E-state index contributed by atoms with van der Waals surface area (Å²) in [6, 6.07) is 0.142. The number of rotatable bonds is 2. The Morgan fingerprint density at radius 3 is 2.87 bits per heavy atom. The number of nitrogens with one attached hydrogen (secondary N) is 1. The van der Waals surface area contributed by atoms with Crippen LogP contribution >= 0.6 is 0 Å². The molecule has 1 aliphatic heterocycles. The second-order valence-electron chi connectivity index (χ2n) is 5.34. The summed E-state index contributed by atoms with van der Waals surface area (Å²) in [6.07, 6.45) is 5.45. The Balaban J connectivity index is 1.97. The quantitative estimate of drug-likeness (QED) is 0.737. The van der Waals surface area contributed by atoms with Gasteiger partial charge in [-0.2, -0.15) is 0 Å². The van der Waals surface area contributed by atoms with E-state index in [2.05, 4.69) is 12.2 Å². The maximum atomic E-state index is 14.6. The van der Waals surface area contributed by atoms with Gasteiger partial charge in [0, 0.05) is 12.1 Å². The largest absolute Gasteiger partial charge is 0.328 e. The Morgan fingerprint density at radius 1 is 1.47 bits per heavy atom. The molecule has 0 amide bonds. The standard InChI is InChI=1S/C12H23FN2/c1-2-9-4-6-15-11(7-9)12(13)5-3-10(14)8-12/h9-11,15H,2-8,14H2,1H3. The van der Waals surface area contributed by atoms with Gasteiger partial charge in [-0.3, -0.25) is 0 Å². The van der Waals surface area contributed by atoms with Crippen molar-refractivity contribution in [3.63, 3.8) is 0 Å². The van der Waals surface area contributed by atoms with Gasteiger partial charge in [-0.25, -0.2) is 4.39 Å². The molecule has 0 bridgehead atoms. The second-order valence-corrected chi connectivity index (χ2v) is 5.34. The van der Waals surface area contributed by atoms with Crippen molar-refractivity contribution in [2.75, 3.05) is 6.54 Å². The SMILES string of the molecule is CCC1CCNC(C2(F)CCC(N)C2)C1. The van der Waals surface area contributed by atoms with Crippen LogP contribution in [-0.4, -0.2) is 24.3 Å². The first-order chi connectivity index (χ1) is 7.14. The highest BCUT2D eigenvalue weighted by molar-refractivity contribution is 5.01. The summed E-state index contributed by atoms with van der Waals surface area (Å²) in [4.78, 5) is 0. The number of alkyl halides is 1. The van der Waals surface area contributed by atoms with Gasteiger partial charge in [0.25, 0.3) is 0 Å². The van der Waals surface area contributed by atoms with Gasteiger partial charge in [-0.15, -0.1) is 0 Å². The van der Waals surface area contributed by atoms with Gasteiger partial charge in [0.1, 0.15) is 5.67 Å². The zero-order valence-electron chi connectivity index (χ0n) is 9.64. The van der Waals surface area contributed by atoms with Gasteiger partial charge >= 0.3 is 0 Å². The Labute approximate surface area is 91.8 Å². The predicted molar refractivity (Wildman–Crippen MR) is 60.5 cm³/mol. The highest BCUT2D eigenvalue weighted by Crippen LogP contribution is 2.39. The fourth-order valence-electron chi connectivity index (χ4n) is 3.14. The number of hydrogen-bond donors (Lipinski definition) is 2. The first kappa shape index (κ1) is 11.3. The topological polar surface area (TPSA) is 38.0 Å². The third kappa shape index (κ3) is 2.34. The monoisotopic (exact) mass is 214 g/mol. The Kier molecular flexibility index (Phi) is 3.31. The molecule has 3 heteroatoms. The third-order valence-corrected chi connectivity index (χ3v) is 4.25. The first-order valence-corrected chi connectivity index (χ1v) is 6.32. The highest BCUT2D eigenvalue weighted by Gasteiger charge is 2.45. The molecule has 4 atom stereocenters. The predicted octanol–water partition coefficient (Wildman–Crippen LogP) is 1.98. The lowest BCUT2D eigenvalue weighted by Gasteiger charge is -2.37. The van der Waals surface area contributed by atoms with Crippen LogP contribution in [0.15, 0.2) is 0 Å². The van der Waals surface area contributed by atoms with Gasteiger partial charge < -0.3 is 11.1 Å². The normalized spacial score (nSPS) is 47.0. The highest BCUT2D eigenvalue weighted by atomic mass is 19.1. The first-order valence-electron chi connectivity index (χ1n) is 6.32. The van der Waals surface area contributed by atoms with Gasteiger partial charge in [0.05, 0.1) is 0 Å². The molecule has 15 heavy (non-hydrogen) atoms. The van der Waals surface area contributed by atoms with E-state index in [1.807, 2.05) is 0 Å². The number of nitrogens with two attached hydrogens (primary N) is 1. The van der Waals surface area contributed by atoms with E-state index in [1.54, 1.807) is 0 Å². The molecule has 0 radical (unpaired) electrons. The molecule has 3 N–H and O–H groups in total. The zero-order chi connectivity index (χ0) is 10.9. The minimum absolute atomic E-state index is 0.0600. The molecule has 2 fully saturated rings. The molecule has 0 spiro atoms. The van der Waals surface area contributed by atoms with E-state index >= 15 is 0 Å². The van der Waals surface area contributed by atoms with Crippen LogP contribution in [0.5, 0.6) is 0 Å². The van der Waals surface area contributed by atoms with E-state index < -0.39 is 5.67 Å². The lowest BCUT2D eigenvalue weighted by atomic mass is 9.82. The van der Waals surface area contributed by atoms with E-state index in [4.69, 9.17) is 5.73 Å². The molecule has 2 nitrogen and oxygen atoms in total. The number of piperidine rings is 1. The average molecular weight is 214 g/mol. The van der Waals surface area contributed by atoms with Gasteiger partial charge in [-0.05, 0) is 44.6 Å². The summed E-state index contributed by atoms with van der Waals surface area (Å²) >= 11 is 0. The van der Waals surface area contributed by atoms with E-state index in [9.17, 15) is 4.39 Å². The van der Waals surface area contributed by atoms with Crippen molar-refractivity contribution in [2.24, 2.45) is 11.7 Å². The van der Waals surface area contributed by atoms with Crippen molar-refractivity contribution >= 4 is 0 Å². The van der Waals surface area contributed by atoms with Crippen molar-refractivity contribution < 1.29 is 4.39 Å². The van der Waals surface area contributed by atoms with Gasteiger partial charge in [0.15, 0.2) is 0 Å². The van der Waals surface area contributed by atoms with E-state index in [0.717, 1.165) is 19.4 Å². The Morgan fingerprint density at radius 2 is 2.27 bits per heavy atom. The third-order valence-electron chi connectivity index (χ3n) is 4.25. The molecule has 1 aliphatic carbocycles. The fourth-order valence-corrected chi connectivity index (χ4v) is 3.14. The van der Waals surface area contributed by atoms with Crippen molar-refractivity contribution in [2.45, 2.75) is 63.2 Å². The van der Waals surface area contributed by atoms with Crippen molar-refractivity contribution in [1.82, 2.24) is 5.32 Å². The summed E-state index contributed by atoms with van der Waals surface area (Å²) in [7, 11) is 0. The Hall–Kier alpha value is -0.150. The zero-order valence-corrected chi connectivity index (χ0v) is 9.64. The van der Waals surface area contributed by atoms with Crippen molar-refractivity contribution in [3.05, 3.63) is 0 Å². The molecule has 4 unspecified atom stereocenters. The van der Waals surface area contributed by atoms with E-state index in [-0.39, 0.29) is 12.1 Å². The van der Waals surface area contributed by atoms with Crippen LogP contribution in [0.2, 0.25) is 0 Å². The number of halogens is 1. The van der Waals surface area contributed by atoms with Crippen LogP contribution in [0.1, 0.15) is 45.4 Å². The fraction of sp³-hybridized carbons (Fsp3) is 1.00. The number of hydrogen-bond acceptors (Lipinski definition) is 2. The van der Waals surface area contributed by atoms with Gasteiger partial charge in [-0.1, -0.05) is 13.3 Å². The summed E-state index contributed by atoms with van der Waals surface area (Å²) in [5.41, 5.74) is 4.80. The van der Waals surface area contributed by atoms with Crippen LogP contribution in [0.25, 0.3) is 0 Å². The minimum atomic E-state index is -1.02. The molecular weight excluding hydrogens is 191 g/mol. The molecule has 0 aromatic rings. The molecule has 0 aromatic carbocycles. The van der Waals surface area contributed by atoms with Crippen LogP contribution in [0, 0.1) is 5.92 Å². The van der Waals surface area contributed by atoms with Gasteiger partial charge in [0.2, 0.25) is 0 Å². The molecule has 1 saturated heterocycles. The van der Waals surface area contributed by atoms with Crippen LogP contribution in [0.3, 0.4) is 0 Å². The van der Waals surface area contributed by atoms with Crippen LogP contribution in [0.4, 0.5) is 4.39 Å². The molecule has 1 saturated carbocycles. The molecule has 2 rings (SSSR count). The second kappa shape index (κ2) is 4.38. The van der Waals surface area contributed by atoms with Crippen molar-refractivity contribution in [3.8, 4) is 0 Å². The summed E-state index contributed by atoms with van der Waals surface area (Å²) in [5, 5.41) is 3.36. The minimum Gasteiger partial charge on any atom is -0.328 e. The smallest absolute Gasteiger partial charge is 0.127 e. The molecule has 0 aromatic heterocycles. The maximum absolute atomic E-state index is 14.6. The maximum Gasteiger partial charge on any atom is 0.127 e. The summed E-state index contributed by atoms with van der Waals surface area (Å²) in [5.74, 6) is 0.709. The van der Waals surface area contributed by atoms with Crippen LogP contribution < -0.4 is 11.1 Å². The molecular formula is C12H23FN2. The Bertz CT molecular complexity index is 222. The van der Waals surface area contributed by atoms with Crippen molar-refractivity contribution in [1.29, 1.82) is 0 Å². The summed E-state index contributed by atoms with van der Waals surface area (Å²) in [6.45, 7) is 3.18. The lowest BCUT2D eigenvalue weighted by Crippen LogP contribution is -2.51. The average Bonchev–Trinajstić information content (AvgIpc) is 2.60. The van der Waals surface area contributed by atoms with E-state index in [0.29, 0.717) is 18.8 Å². The molecule has 2 aliphatic rings. The van der Waals surface area contributed by atoms with Crippen LogP contribution in [-0.2, 0) is 0 Å². The van der Waals surface area contributed by atoms with E-state index in [1.165, 1.54) is 12.8 Å². The lowest BCUT2D eigenvalue weighted by molar-refractivity contribution is 0.0782. The summed E-state index contributed by atoms with van der Waals surface area (Å²) < 4.78 is 14.6. The molecule has 88 valence electrons. The molecule has 1 heterocycles.